The lowest BCUT2D eigenvalue weighted by molar-refractivity contribution is -0.115. The van der Waals surface area contributed by atoms with E-state index < -0.39 is 0 Å². The Balaban J connectivity index is 1.88. The van der Waals surface area contributed by atoms with E-state index in [9.17, 15) is 9.59 Å². The summed E-state index contributed by atoms with van der Waals surface area (Å²) in [5.74, 6) is 0.0331. The number of piperazine rings is 1. The molecule has 0 aliphatic carbocycles. The molecule has 0 radical (unpaired) electrons. The summed E-state index contributed by atoms with van der Waals surface area (Å²) in [6.07, 6.45) is 0.363. The molecule has 2 aliphatic heterocycles. The second-order valence-electron chi connectivity index (χ2n) is 6.04. The molecule has 0 aromatic heterocycles. The van der Waals surface area contributed by atoms with E-state index in [0.29, 0.717) is 18.5 Å². The zero-order valence-corrected chi connectivity index (χ0v) is 11.8. The standard InChI is InChI=1S/C15H19N3O2/c1-15(2)9-16-5-6-18(15)14(20)10-3-4-12-11(7-10)8-13(19)17-12/h3-4,7,16H,5-6,8-9H2,1-2H3,(H,17,19). The van der Waals surface area contributed by atoms with Crippen molar-refractivity contribution in [1.29, 1.82) is 0 Å². The van der Waals surface area contributed by atoms with Crippen LogP contribution in [0.2, 0.25) is 0 Å². The highest BCUT2D eigenvalue weighted by Gasteiger charge is 2.34. The fourth-order valence-electron chi connectivity index (χ4n) is 2.88. The molecular formula is C15H19N3O2. The lowest BCUT2D eigenvalue weighted by Gasteiger charge is -2.42. The number of rotatable bonds is 1. The minimum Gasteiger partial charge on any atom is -0.331 e. The Morgan fingerprint density at radius 3 is 2.90 bits per heavy atom. The third kappa shape index (κ3) is 2.18. The summed E-state index contributed by atoms with van der Waals surface area (Å²) in [6, 6.07) is 5.46. The predicted octanol–water partition coefficient (Wildman–Crippen LogP) is 1.01. The van der Waals surface area contributed by atoms with Crippen LogP contribution in [0.1, 0.15) is 29.8 Å². The monoisotopic (exact) mass is 273 g/mol. The molecule has 0 atom stereocenters. The van der Waals surface area contributed by atoms with Crippen LogP contribution >= 0.6 is 0 Å². The number of carbonyl (C=O) groups excluding carboxylic acids is 2. The van der Waals surface area contributed by atoms with Gasteiger partial charge in [-0.3, -0.25) is 9.59 Å². The van der Waals surface area contributed by atoms with Gasteiger partial charge in [-0.2, -0.15) is 0 Å². The highest BCUT2D eigenvalue weighted by atomic mass is 16.2. The lowest BCUT2D eigenvalue weighted by atomic mass is 9.98. The first kappa shape index (κ1) is 13.1. The third-order valence-electron chi connectivity index (χ3n) is 4.02. The first-order chi connectivity index (χ1) is 9.47. The van der Waals surface area contributed by atoms with Crippen LogP contribution in [0.3, 0.4) is 0 Å². The third-order valence-corrected chi connectivity index (χ3v) is 4.02. The molecule has 2 heterocycles. The summed E-state index contributed by atoms with van der Waals surface area (Å²) < 4.78 is 0. The molecule has 106 valence electrons. The molecule has 2 N–H and O–H groups in total. The summed E-state index contributed by atoms with van der Waals surface area (Å²) in [5.41, 5.74) is 2.21. The van der Waals surface area contributed by atoms with Crippen LogP contribution in [0.4, 0.5) is 5.69 Å². The maximum Gasteiger partial charge on any atom is 0.254 e. The van der Waals surface area contributed by atoms with Crippen LogP contribution in [0.15, 0.2) is 18.2 Å². The Hall–Kier alpha value is -1.88. The largest absolute Gasteiger partial charge is 0.331 e. The molecule has 1 saturated heterocycles. The van der Waals surface area contributed by atoms with Crippen LogP contribution in [0.5, 0.6) is 0 Å². The summed E-state index contributed by atoms with van der Waals surface area (Å²) >= 11 is 0. The van der Waals surface area contributed by atoms with E-state index in [2.05, 4.69) is 24.5 Å². The number of nitrogens with zero attached hydrogens (tertiary/aromatic N) is 1. The van der Waals surface area contributed by atoms with Crippen molar-refractivity contribution in [2.75, 3.05) is 25.0 Å². The van der Waals surface area contributed by atoms with Crippen molar-refractivity contribution in [3.05, 3.63) is 29.3 Å². The molecule has 0 bridgehead atoms. The van der Waals surface area contributed by atoms with E-state index in [1.807, 2.05) is 17.0 Å². The van der Waals surface area contributed by atoms with E-state index in [1.54, 1.807) is 6.07 Å². The van der Waals surface area contributed by atoms with Gasteiger partial charge in [0.15, 0.2) is 0 Å². The van der Waals surface area contributed by atoms with Gasteiger partial charge in [-0.15, -0.1) is 0 Å². The van der Waals surface area contributed by atoms with Crippen molar-refractivity contribution < 1.29 is 9.59 Å². The molecule has 1 aromatic carbocycles. The Labute approximate surface area is 118 Å². The van der Waals surface area contributed by atoms with E-state index in [-0.39, 0.29) is 17.4 Å². The Morgan fingerprint density at radius 2 is 2.15 bits per heavy atom. The summed E-state index contributed by atoms with van der Waals surface area (Å²) in [5, 5.41) is 6.10. The number of benzene rings is 1. The first-order valence-corrected chi connectivity index (χ1v) is 6.93. The number of hydrogen-bond acceptors (Lipinski definition) is 3. The molecule has 2 aliphatic rings. The molecule has 5 heteroatoms. The predicted molar refractivity (Wildman–Crippen MR) is 76.8 cm³/mol. The minimum absolute atomic E-state index is 0.00731. The lowest BCUT2D eigenvalue weighted by Crippen LogP contribution is -2.59. The second-order valence-corrected chi connectivity index (χ2v) is 6.04. The number of anilines is 1. The van der Waals surface area contributed by atoms with Crippen LogP contribution in [-0.4, -0.2) is 41.9 Å². The van der Waals surface area contributed by atoms with E-state index in [4.69, 9.17) is 0 Å². The van der Waals surface area contributed by atoms with Crippen LogP contribution in [-0.2, 0) is 11.2 Å². The van der Waals surface area contributed by atoms with E-state index >= 15 is 0 Å². The normalized spacial score (nSPS) is 20.5. The fraction of sp³-hybridized carbons (Fsp3) is 0.467. The van der Waals surface area contributed by atoms with Gasteiger partial charge in [0.25, 0.3) is 5.91 Å². The van der Waals surface area contributed by atoms with Crippen molar-refractivity contribution in [3.63, 3.8) is 0 Å². The van der Waals surface area contributed by atoms with Gasteiger partial charge in [0.05, 0.1) is 12.0 Å². The second kappa shape index (κ2) is 4.59. The SMILES string of the molecule is CC1(C)CNCCN1C(=O)c1ccc2c(c1)CC(=O)N2. The summed E-state index contributed by atoms with van der Waals surface area (Å²) in [6.45, 7) is 6.45. The highest BCUT2D eigenvalue weighted by molar-refractivity contribution is 6.01. The summed E-state index contributed by atoms with van der Waals surface area (Å²) in [4.78, 5) is 26.0. The van der Waals surface area contributed by atoms with Gasteiger partial charge in [-0.25, -0.2) is 0 Å². The summed E-state index contributed by atoms with van der Waals surface area (Å²) in [7, 11) is 0. The molecular weight excluding hydrogens is 254 g/mol. The molecule has 0 saturated carbocycles. The van der Waals surface area contributed by atoms with Gasteiger partial charge in [0.2, 0.25) is 5.91 Å². The van der Waals surface area contributed by atoms with Gasteiger partial charge in [-0.1, -0.05) is 0 Å². The van der Waals surface area contributed by atoms with E-state index in [1.165, 1.54) is 0 Å². The number of amides is 2. The van der Waals surface area contributed by atoms with Gasteiger partial charge in [0.1, 0.15) is 0 Å². The fourth-order valence-corrected chi connectivity index (χ4v) is 2.88. The minimum atomic E-state index is -0.192. The van der Waals surface area contributed by atoms with Crippen molar-refractivity contribution >= 4 is 17.5 Å². The zero-order valence-electron chi connectivity index (χ0n) is 11.8. The topological polar surface area (TPSA) is 61.4 Å². The van der Waals surface area contributed by atoms with Gasteiger partial charge in [0, 0.05) is 30.9 Å². The molecule has 1 aromatic rings. The van der Waals surface area contributed by atoms with E-state index in [0.717, 1.165) is 24.3 Å². The Morgan fingerprint density at radius 1 is 1.35 bits per heavy atom. The molecule has 2 amide bonds. The van der Waals surface area contributed by atoms with Gasteiger partial charge < -0.3 is 15.5 Å². The Bertz CT molecular complexity index is 580. The number of carbonyl (C=O) groups is 2. The Kier molecular flexibility index (Phi) is 3.01. The van der Waals surface area contributed by atoms with Crippen molar-refractivity contribution in [2.24, 2.45) is 0 Å². The van der Waals surface area contributed by atoms with Gasteiger partial charge >= 0.3 is 0 Å². The van der Waals surface area contributed by atoms with Crippen LogP contribution in [0.25, 0.3) is 0 Å². The smallest absolute Gasteiger partial charge is 0.254 e. The molecule has 20 heavy (non-hydrogen) atoms. The average Bonchev–Trinajstić information content (AvgIpc) is 2.76. The van der Waals surface area contributed by atoms with Crippen molar-refractivity contribution in [1.82, 2.24) is 10.2 Å². The number of nitrogens with one attached hydrogen (secondary N) is 2. The number of hydrogen-bond donors (Lipinski definition) is 2. The first-order valence-electron chi connectivity index (χ1n) is 6.93. The maximum absolute atomic E-state index is 12.7. The molecule has 0 unspecified atom stereocenters. The van der Waals surface area contributed by atoms with Gasteiger partial charge in [-0.05, 0) is 37.6 Å². The van der Waals surface area contributed by atoms with Crippen LogP contribution < -0.4 is 10.6 Å². The molecule has 1 fully saturated rings. The molecule has 3 rings (SSSR count). The number of fused-ring (bicyclic) bond motifs is 1. The quantitative estimate of drug-likeness (QED) is 0.802. The van der Waals surface area contributed by atoms with Crippen LogP contribution in [0, 0.1) is 0 Å². The van der Waals surface area contributed by atoms with Crippen molar-refractivity contribution in [2.45, 2.75) is 25.8 Å². The highest BCUT2D eigenvalue weighted by Crippen LogP contribution is 2.26. The maximum atomic E-state index is 12.7. The molecule has 0 spiro atoms. The average molecular weight is 273 g/mol. The zero-order chi connectivity index (χ0) is 14.3. The van der Waals surface area contributed by atoms with Crippen molar-refractivity contribution in [3.8, 4) is 0 Å². The molecule has 5 nitrogen and oxygen atoms in total.